The standard InChI is InChI=1S/C12H16O2/c1-9(11-6-4-3-5-7-11)12-8-13-10(2)14-12/h3-7,9-10,12H,8H2,1-2H3/t9-,10+,12+/m1/s1. The minimum Gasteiger partial charge on any atom is -0.350 e. The molecular formula is C12H16O2. The van der Waals surface area contributed by atoms with E-state index in [1.165, 1.54) is 5.56 Å². The van der Waals surface area contributed by atoms with Crippen molar-refractivity contribution < 1.29 is 9.47 Å². The van der Waals surface area contributed by atoms with Crippen molar-refractivity contribution in [1.29, 1.82) is 0 Å². The summed E-state index contributed by atoms with van der Waals surface area (Å²) in [5.74, 6) is 0.404. The zero-order valence-electron chi connectivity index (χ0n) is 8.64. The molecule has 2 rings (SSSR count). The smallest absolute Gasteiger partial charge is 0.155 e. The summed E-state index contributed by atoms with van der Waals surface area (Å²) in [6.07, 6.45) is 0.151. The Hall–Kier alpha value is -0.860. The van der Waals surface area contributed by atoms with Crippen molar-refractivity contribution in [1.82, 2.24) is 0 Å². The molecule has 0 radical (unpaired) electrons. The van der Waals surface area contributed by atoms with Crippen molar-refractivity contribution in [2.75, 3.05) is 6.61 Å². The molecule has 1 aliphatic heterocycles. The van der Waals surface area contributed by atoms with Crippen LogP contribution in [0.2, 0.25) is 0 Å². The molecule has 1 aromatic rings. The Morgan fingerprint density at radius 2 is 2.00 bits per heavy atom. The Morgan fingerprint density at radius 3 is 2.57 bits per heavy atom. The third-order valence-electron chi connectivity index (χ3n) is 2.74. The Labute approximate surface area is 84.8 Å². The topological polar surface area (TPSA) is 18.5 Å². The fourth-order valence-electron chi connectivity index (χ4n) is 1.79. The number of benzene rings is 1. The van der Waals surface area contributed by atoms with Gasteiger partial charge in [-0.2, -0.15) is 0 Å². The number of ether oxygens (including phenoxy) is 2. The summed E-state index contributed by atoms with van der Waals surface area (Å²) in [5, 5.41) is 0. The zero-order chi connectivity index (χ0) is 9.97. The molecule has 0 aliphatic carbocycles. The van der Waals surface area contributed by atoms with Crippen LogP contribution in [0.4, 0.5) is 0 Å². The first-order valence-corrected chi connectivity index (χ1v) is 5.09. The van der Waals surface area contributed by atoms with Crippen LogP contribution in [0.3, 0.4) is 0 Å². The van der Waals surface area contributed by atoms with Crippen LogP contribution in [0.25, 0.3) is 0 Å². The second-order valence-corrected chi connectivity index (χ2v) is 3.77. The summed E-state index contributed by atoms with van der Waals surface area (Å²) in [4.78, 5) is 0. The van der Waals surface area contributed by atoms with Crippen LogP contribution in [0, 0.1) is 0 Å². The van der Waals surface area contributed by atoms with Crippen molar-refractivity contribution in [3.05, 3.63) is 35.9 Å². The molecule has 1 saturated heterocycles. The maximum Gasteiger partial charge on any atom is 0.155 e. The minimum atomic E-state index is -0.0498. The summed E-state index contributed by atoms with van der Waals surface area (Å²) in [6, 6.07) is 10.4. The highest BCUT2D eigenvalue weighted by Gasteiger charge is 2.28. The van der Waals surface area contributed by atoms with E-state index in [0.717, 1.165) is 0 Å². The van der Waals surface area contributed by atoms with Crippen LogP contribution < -0.4 is 0 Å². The van der Waals surface area contributed by atoms with Crippen molar-refractivity contribution in [2.24, 2.45) is 0 Å². The number of hydrogen-bond acceptors (Lipinski definition) is 2. The molecule has 0 aromatic heterocycles. The molecule has 1 heterocycles. The van der Waals surface area contributed by atoms with E-state index in [2.05, 4.69) is 31.2 Å². The van der Waals surface area contributed by atoms with Crippen molar-refractivity contribution >= 4 is 0 Å². The average molecular weight is 192 g/mol. The molecule has 0 unspecified atom stereocenters. The highest BCUT2D eigenvalue weighted by molar-refractivity contribution is 5.20. The van der Waals surface area contributed by atoms with E-state index in [0.29, 0.717) is 12.5 Å². The first-order valence-electron chi connectivity index (χ1n) is 5.09. The second-order valence-electron chi connectivity index (χ2n) is 3.77. The number of rotatable bonds is 2. The lowest BCUT2D eigenvalue weighted by Crippen LogP contribution is -2.18. The van der Waals surface area contributed by atoms with Gasteiger partial charge in [0, 0.05) is 5.92 Å². The highest BCUT2D eigenvalue weighted by Crippen LogP contribution is 2.26. The number of hydrogen-bond donors (Lipinski definition) is 0. The maximum absolute atomic E-state index is 5.66. The summed E-state index contributed by atoms with van der Waals surface area (Å²) in [5.41, 5.74) is 1.32. The van der Waals surface area contributed by atoms with E-state index in [1.807, 2.05) is 13.0 Å². The van der Waals surface area contributed by atoms with Crippen molar-refractivity contribution in [3.63, 3.8) is 0 Å². The molecule has 2 heteroatoms. The first kappa shape index (κ1) is 9.69. The quantitative estimate of drug-likeness (QED) is 0.717. The van der Waals surface area contributed by atoms with Crippen LogP contribution in [0.1, 0.15) is 25.3 Å². The van der Waals surface area contributed by atoms with Gasteiger partial charge in [-0.3, -0.25) is 0 Å². The molecule has 0 amide bonds. The summed E-state index contributed by atoms with van der Waals surface area (Å²) in [6.45, 7) is 4.83. The molecule has 1 aromatic carbocycles. The van der Waals surface area contributed by atoms with Gasteiger partial charge >= 0.3 is 0 Å². The molecule has 1 aliphatic rings. The molecule has 76 valence electrons. The highest BCUT2D eigenvalue weighted by atomic mass is 16.7. The lowest BCUT2D eigenvalue weighted by molar-refractivity contribution is -0.0455. The third-order valence-corrected chi connectivity index (χ3v) is 2.74. The van der Waals surface area contributed by atoms with Gasteiger partial charge in [-0.25, -0.2) is 0 Å². The summed E-state index contributed by atoms with van der Waals surface area (Å²) in [7, 11) is 0. The van der Waals surface area contributed by atoms with Gasteiger partial charge in [0.25, 0.3) is 0 Å². The Kier molecular flexibility index (Phi) is 2.85. The fraction of sp³-hybridized carbons (Fsp3) is 0.500. The molecule has 14 heavy (non-hydrogen) atoms. The Balaban J connectivity index is 2.05. The maximum atomic E-state index is 5.66. The van der Waals surface area contributed by atoms with Crippen LogP contribution in [0.15, 0.2) is 30.3 Å². The largest absolute Gasteiger partial charge is 0.350 e. The van der Waals surface area contributed by atoms with Gasteiger partial charge in [-0.1, -0.05) is 37.3 Å². The monoisotopic (exact) mass is 192 g/mol. The molecule has 0 bridgehead atoms. The van der Waals surface area contributed by atoms with E-state index >= 15 is 0 Å². The lowest BCUT2D eigenvalue weighted by Gasteiger charge is -2.17. The van der Waals surface area contributed by atoms with E-state index in [9.17, 15) is 0 Å². The molecule has 1 fully saturated rings. The fourth-order valence-corrected chi connectivity index (χ4v) is 1.79. The molecule has 0 saturated carbocycles. The van der Waals surface area contributed by atoms with Crippen LogP contribution in [-0.2, 0) is 9.47 Å². The van der Waals surface area contributed by atoms with Crippen LogP contribution in [0.5, 0.6) is 0 Å². The SMILES string of the molecule is C[C@H]1OC[C@@H]([C@H](C)c2ccccc2)O1. The first-order chi connectivity index (χ1) is 6.77. The van der Waals surface area contributed by atoms with Gasteiger partial charge in [-0.05, 0) is 12.5 Å². The van der Waals surface area contributed by atoms with Crippen LogP contribution >= 0.6 is 0 Å². The van der Waals surface area contributed by atoms with E-state index in [4.69, 9.17) is 9.47 Å². The van der Waals surface area contributed by atoms with Crippen LogP contribution in [-0.4, -0.2) is 19.0 Å². The second kappa shape index (κ2) is 4.11. The van der Waals surface area contributed by atoms with Gasteiger partial charge in [0.1, 0.15) is 0 Å². The van der Waals surface area contributed by atoms with E-state index in [1.54, 1.807) is 0 Å². The normalized spacial score (nSPS) is 29.0. The Bertz CT molecular complexity index is 284. The third kappa shape index (κ3) is 1.97. The molecule has 0 spiro atoms. The Morgan fingerprint density at radius 1 is 1.29 bits per heavy atom. The van der Waals surface area contributed by atoms with E-state index < -0.39 is 0 Å². The lowest BCUT2D eigenvalue weighted by atomic mass is 9.96. The zero-order valence-corrected chi connectivity index (χ0v) is 8.64. The van der Waals surface area contributed by atoms with Gasteiger partial charge in [0.05, 0.1) is 12.7 Å². The summed E-state index contributed by atoms with van der Waals surface area (Å²) < 4.78 is 11.0. The predicted octanol–water partition coefficient (Wildman–Crippen LogP) is 2.55. The average Bonchev–Trinajstić information content (AvgIpc) is 2.65. The van der Waals surface area contributed by atoms with Gasteiger partial charge < -0.3 is 9.47 Å². The van der Waals surface area contributed by atoms with Gasteiger partial charge in [0.2, 0.25) is 0 Å². The predicted molar refractivity (Wildman–Crippen MR) is 55.1 cm³/mol. The minimum absolute atomic E-state index is 0.0498. The van der Waals surface area contributed by atoms with Gasteiger partial charge in [0.15, 0.2) is 6.29 Å². The summed E-state index contributed by atoms with van der Waals surface area (Å²) >= 11 is 0. The van der Waals surface area contributed by atoms with Crippen molar-refractivity contribution in [2.45, 2.75) is 32.2 Å². The van der Waals surface area contributed by atoms with Crippen molar-refractivity contribution in [3.8, 4) is 0 Å². The molecule has 2 nitrogen and oxygen atoms in total. The van der Waals surface area contributed by atoms with E-state index in [-0.39, 0.29) is 12.4 Å². The molecular weight excluding hydrogens is 176 g/mol. The van der Waals surface area contributed by atoms with Gasteiger partial charge in [-0.15, -0.1) is 0 Å². The molecule has 3 atom stereocenters. The molecule has 0 N–H and O–H groups in total.